The summed E-state index contributed by atoms with van der Waals surface area (Å²) < 4.78 is 5.00. The van der Waals surface area contributed by atoms with Crippen LogP contribution in [0, 0.1) is 0 Å². The average Bonchev–Trinajstić information content (AvgIpc) is 2.61. The number of amides is 3. The molecule has 1 heterocycles. The third-order valence-electron chi connectivity index (χ3n) is 4.21. The SMILES string of the molecule is CCOC(=O)N1CCC(N(CC(=O)Nc2ccccc2)C(C)=O)CC1. The number of hydrogen-bond acceptors (Lipinski definition) is 4. The van der Waals surface area contributed by atoms with E-state index < -0.39 is 0 Å². The molecule has 2 rings (SSSR count). The molecule has 0 unspecified atom stereocenters. The molecule has 1 aromatic carbocycles. The molecule has 1 saturated heterocycles. The van der Waals surface area contributed by atoms with E-state index in [1.54, 1.807) is 28.9 Å². The Bertz CT molecular complexity index is 598. The van der Waals surface area contributed by atoms with Crippen molar-refractivity contribution in [3.63, 3.8) is 0 Å². The van der Waals surface area contributed by atoms with Gasteiger partial charge in [0, 0.05) is 31.7 Å². The fraction of sp³-hybridized carbons (Fsp3) is 0.500. The second-order valence-electron chi connectivity index (χ2n) is 5.98. The van der Waals surface area contributed by atoms with E-state index in [-0.39, 0.29) is 30.5 Å². The van der Waals surface area contributed by atoms with Crippen molar-refractivity contribution in [3.05, 3.63) is 30.3 Å². The highest BCUT2D eigenvalue weighted by Gasteiger charge is 2.29. The third-order valence-corrected chi connectivity index (χ3v) is 4.21. The molecule has 136 valence electrons. The Hall–Kier alpha value is -2.57. The van der Waals surface area contributed by atoms with Crippen molar-refractivity contribution in [1.82, 2.24) is 9.80 Å². The lowest BCUT2D eigenvalue weighted by atomic mass is 10.0. The highest BCUT2D eigenvalue weighted by Crippen LogP contribution is 2.18. The van der Waals surface area contributed by atoms with E-state index in [1.807, 2.05) is 18.2 Å². The van der Waals surface area contributed by atoms with Gasteiger partial charge in [-0.05, 0) is 31.9 Å². The first-order chi connectivity index (χ1) is 12.0. The van der Waals surface area contributed by atoms with Crippen LogP contribution in [0.5, 0.6) is 0 Å². The van der Waals surface area contributed by atoms with Gasteiger partial charge in [0.2, 0.25) is 11.8 Å². The van der Waals surface area contributed by atoms with Crippen LogP contribution in [0.15, 0.2) is 30.3 Å². The Labute approximate surface area is 147 Å². The van der Waals surface area contributed by atoms with Crippen molar-refractivity contribution in [2.24, 2.45) is 0 Å². The minimum absolute atomic E-state index is 0.00823. The maximum atomic E-state index is 12.2. The molecule has 1 N–H and O–H groups in total. The van der Waals surface area contributed by atoms with E-state index >= 15 is 0 Å². The van der Waals surface area contributed by atoms with Gasteiger partial charge < -0.3 is 19.9 Å². The van der Waals surface area contributed by atoms with Gasteiger partial charge in [-0.2, -0.15) is 0 Å². The Morgan fingerprint density at radius 3 is 2.40 bits per heavy atom. The summed E-state index contributed by atoms with van der Waals surface area (Å²) in [6, 6.07) is 9.09. The standard InChI is InChI=1S/C18H25N3O4/c1-3-25-18(24)20-11-9-16(10-12-20)21(14(2)22)13-17(23)19-15-7-5-4-6-8-15/h4-8,16H,3,9-13H2,1-2H3,(H,19,23). The summed E-state index contributed by atoms with van der Waals surface area (Å²) in [7, 11) is 0. The topological polar surface area (TPSA) is 79.0 Å². The predicted octanol–water partition coefficient (Wildman–Crippen LogP) is 2.09. The van der Waals surface area contributed by atoms with Crippen LogP contribution in [0.3, 0.4) is 0 Å². The van der Waals surface area contributed by atoms with Gasteiger partial charge in [-0.15, -0.1) is 0 Å². The summed E-state index contributed by atoms with van der Waals surface area (Å²) in [5.74, 6) is -0.369. The number of carbonyl (C=O) groups excluding carboxylic acids is 3. The quantitative estimate of drug-likeness (QED) is 0.885. The second kappa shape index (κ2) is 9.05. The van der Waals surface area contributed by atoms with Crippen LogP contribution in [-0.4, -0.2) is 60.0 Å². The number of ether oxygens (including phenoxy) is 1. The Morgan fingerprint density at radius 2 is 1.84 bits per heavy atom. The zero-order valence-electron chi connectivity index (χ0n) is 14.7. The first kappa shape index (κ1) is 18.8. The summed E-state index contributed by atoms with van der Waals surface area (Å²) in [6.45, 7) is 4.63. The van der Waals surface area contributed by atoms with Gasteiger partial charge in [-0.3, -0.25) is 9.59 Å². The number of hydrogen-bond donors (Lipinski definition) is 1. The first-order valence-corrected chi connectivity index (χ1v) is 8.55. The Morgan fingerprint density at radius 1 is 1.20 bits per heavy atom. The summed E-state index contributed by atoms with van der Waals surface area (Å²) >= 11 is 0. The molecule has 0 saturated carbocycles. The molecule has 7 heteroatoms. The van der Waals surface area contributed by atoms with Crippen molar-refractivity contribution in [2.75, 3.05) is 31.6 Å². The van der Waals surface area contributed by atoms with Crippen LogP contribution >= 0.6 is 0 Å². The van der Waals surface area contributed by atoms with Gasteiger partial charge in [0.15, 0.2) is 0 Å². The molecule has 0 aliphatic carbocycles. The maximum Gasteiger partial charge on any atom is 0.409 e. The van der Waals surface area contributed by atoms with Gasteiger partial charge in [0.05, 0.1) is 6.61 Å². The van der Waals surface area contributed by atoms with E-state index in [1.165, 1.54) is 6.92 Å². The molecule has 0 spiro atoms. The molecular weight excluding hydrogens is 322 g/mol. The van der Waals surface area contributed by atoms with E-state index in [0.717, 1.165) is 0 Å². The predicted molar refractivity (Wildman–Crippen MR) is 94.1 cm³/mol. The minimum atomic E-state index is -0.322. The molecule has 0 aromatic heterocycles. The van der Waals surface area contributed by atoms with Crippen molar-refractivity contribution < 1.29 is 19.1 Å². The first-order valence-electron chi connectivity index (χ1n) is 8.55. The molecule has 1 fully saturated rings. The summed E-state index contributed by atoms with van der Waals surface area (Å²) in [6.07, 6.45) is 0.950. The zero-order valence-corrected chi connectivity index (χ0v) is 14.7. The van der Waals surface area contributed by atoms with Crippen molar-refractivity contribution in [2.45, 2.75) is 32.7 Å². The fourth-order valence-corrected chi connectivity index (χ4v) is 2.95. The van der Waals surface area contributed by atoms with Crippen LogP contribution in [-0.2, 0) is 14.3 Å². The molecule has 25 heavy (non-hydrogen) atoms. The van der Waals surface area contributed by atoms with Gasteiger partial charge in [0.25, 0.3) is 0 Å². The average molecular weight is 347 g/mol. The maximum absolute atomic E-state index is 12.2. The summed E-state index contributed by atoms with van der Waals surface area (Å²) in [4.78, 5) is 39.2. The van der Waals surface area contributed by atoms with Crippen LogP contribution < -0.4 is 5.32 Å². The van der Waals surface area contributed by atoms with E-state index in [0.29, 0.717) is 38.2 Å². The van der Waals surface area contributed by atoms with Gasteiger partial charge in [0.1, 0.15) is 6.54 Å². The van der Waals surface area contributed by atoms with Crippen LogP contribution in [0.25, 0.3) is 0 Å². The number of likely N-dealkylation sites (tertiary alicyclic amines) is 1. The molecule has 0 radical (unpaired) electrons. The van der Waals surface area contributed by atoms with Crippen molar-refractivity contribution in [3.8, 4) is 0 Å². The highest BCUT2D eigenvalue weighted by atomic mass is 16.6. The molecular formula is C18H25N3O4. The van der Waals surface area contributed by atoms with Gasteiger partial charge in [-0.25, -0.2) is 4.79 Å². The molecule has 0 atom stereocenters. The van der Waals surface area contributed by atoms with Crippen molar-refractivity contribution in [1.29, 1.82) is 0 Å². The minimum Gasteiger partial charge on any atom is -0.450 e. The third kappa shape index (κ3) is 5.48. The smallest absolute Gasteiger partial charge is 0.409 e. The number of benzene rings is 1. The number of carbonyl (C=O) groups is 3. The van der Waals surface area contributed by atoms with Crippen LogP contribution in [0.2, 0.25) is 0 Å². The van der Waals surface area contributed by atoms with E-state index in [4.69, 9.17) is 4.74 Å². The van der Waals surface area contributed by atoms with Crippen LogP contribution in [0.1, 0.15) is 26.7 Å². The number of rotatable bonds is 5. The zero-order chi connectivity index (χ0) is 18.2. The number of nitrogens with zero attached hydrogens (tertiary/aromatic N) is 2. The second-order valence-corrected chi connectivity index (χ2v) is 5.98. The molecule has 3 amide bonds. The van der Waals surface area contributed by atoms with Crippen LogP contribution in [0.4, 0.5) is 10.5 Å². The largest absolute Gasteiger partial charge is 0.450 e. The van der Waals surface area contributed by atoms with Gasteiger partial charge >= 0.3 is 6.09 Å². The number of piperidine rings is 1. The lowest BCUT2D eigenvalue weighted by Gasteiger charge is -2.37. The normalized spacial score (nSPS) is 14.7. The van der Waals surface area contributed by atoms with Gasteiger partial charge in [-0.1, -0.05) is 18.2 Å². The number of nitrogens with one attached hydrogen (secondary N) is 1. The molecule has 1 aromatic rings. The lowest BCUT2D eigenvalue weighted by molar-refractivity contribution is -0.136. The number of para-hydroxylation sites is 1. The number of anilines is 1. The Kier molecular flexibility index (Phi) is 6.80. The molecule has 7 nitrogen and oxygen atoms in total. The lowest BCUT2D eigenvalue weighted by Crippen LogP contribution is -2.50. The van der Waals surface area contributed by atoms with Crippen molar-refractivity contribution >= 4 is 23.6 Å². The monoisotopic (exact) mass is 347 g/mol. The molecule has 1 aliphatic rings. The van der Waals surface area contributed by atoms with E-state index in [9.17, 15) is 14.4 Å². The summed E-state index contributed by atoms with van der Waals surface area (Å²) in [5, 5.41) is 2.79. The Balaban J connectivity index is 1.90. The fourth-order valence-electron chi connectivity index (χ4n) is 2.95. The molecule has 0 bridgehead atoms. The molecule has 1 aliphatic heterocycles. The van der Waals surface area contributed by atoms with E-state index in [2.05, 4.69) is 5.32 Å². The summed E-state index contributed by atoms with van der Waals surface area (Å²) in [5.41, 5.74) is 0.702. The highest BCUT2D eigenvalue weighted by molar-refractivity contribution is 5.94.